The summed E-state index contributed by atoms with van der Waals surface area (Å²) < 4.78 is 16.8. The second kappa shape index (κ2) is 7.56. The summed E-state index contributed by atoms with van der Waals surface area (Å²) in [6, 6.07) is 22.5. The minimum atomic E-state index is -1.42. The van der Waals surface area contributed by atoms with Gasteiger partial charge in [0.15, 0.2) is 6.17 Å². The molecule has 4 aromatic rings. The first-order valence-electron chi connectivity index (χ1n) is 8.94. The molecule has 0 saturated carbocycles. The van der Waals surface area contributed by atoms with E-state index in [2.05, 4.69) is 21.7 Å². The van der Waals surface area contributed by atoms with Crippen molar-refractivity contribution in [1.29, 1.82) is 0 Å². The zero-order chi connectivity index (χ0) is 19.5. The summed E-state index contributed by atoms with van der Waals surface area (Å²) in [4.78, 5) is 8.50. The van der Waals surface area contributed by atoms with Crippen LogP contribution in [-0.2, 0) is 0 Å². The molecule has 4 nitrogen and oxygen atoms in total. The number of hydrogen-bond donors (Lipinski definition) is 0. The summed E-state index contributed by atoms with van der Waals surface area (Å²) in [5.74, 6) is 0. The van der Waals surface area contributed by atoms with Crippen LogP contribution in [0.5, 0.6) is 0 Å². The lowest BCUT2D eigenvalue weighted by molar-refractivity contribution is 0.410. The van der Waals surface area contributed by atoms with Crippen LogP contribution in [0.3, 0.4) is 0 Å². The van der Waals surface area contributed by atoms with Crippen LogP contribution in [-0.4, -0.2) is 21.8 Å². The average Bonchev–Trinajstić information content (AvgIpc) is 2.78. The van der Waals surface area contributed by atoms with E-state index in [9.17, 15) is 0 Å². The van der Waals surface area contributed by atoms with Gasteiger partial charge in [-0.05, 0) is 35.9 Å². The van der Waals surface area contributed by atoms with Gasteiger partial charge in [-0.3, -0.25) is 9.98 Å². The number of allylic oxidation sites excluding steroid dienone is 1. The van der Waals surface area contributed by atoms with E-state index in [1.54, 1.807) is 25.4 Å². The van der Waals surface area contributed by atoms with Crippen LogP contribution in [0.1, 0.15) is 11.7 Å². The van der Waals surface area contributed by atoms with Gasteiger partial charge in [0.05, 0.1) is 16.9 Å². The van der Waals surface area contributed by atoms with Gasteiger partial charge in [-0.15, -0.1) is 0 Å². The lowest BCUT2D eigenvalue weighted by Crippen LogP contribution is -2.24. The van der Waals surface area contributed by atoms with Crippen molar-refractivity contribution in [2.24, 2.45) is 4.99 Å². The summed E-state index contributed by atoms with van der Waals surface area (Å²) in [5.41, 5.74) is 3.75. The normalized spacial score (nSPS) is 12.9. The highest BCUT2D eigenvalue weighted by Crippen LogP contribution is 2.29. The van der Waals surface area contributed by atoms with E-state index in [1.807, 2.05) is 60.7 Å². The topological polar surface area (TPSA) is 43.1 Å². The molecule has 0 aliphatic rings. The van der Waals surface area contributed by atoms with Crippen LogP contribution in [0.25, 0.3) is 27.9 Å². The van der Waals surface area contributed by atoms with Crippen molar-refractivity contribution in [1.82, 2.24) is 14.8 Å². The Labute approximate surface area is 162 Å². The number of hydrogen-bond acceptors (Lipinski definition) is 3. The fourth-order valence-electron chi connectivity index (χ4n) is 3.11. The van der Waals surface area contributed by atoms with Gasteiger partial charge in [-0.2, -0.15) is 5.10 Å². The highest BCUT2D eigenvalue weighted by Gasteiger charge is 2.18. The molecule has 0 spiro atoms. The summed E-state index contributed by atoms with van der Waals surface area (Å²) >= 11 is 0. The summed E-state index contributed by atoms with van der Waals surface area (Å²) in [6.45, 7) is 3.97. The molecule has 4 rings (SSSR count). The van der Waals surface area contributed by atoms with Gasteiger partial charge in [0.25, 0.3) is 0 Å². The zero-order valence-corrected chi connectivity index (χ0v) is 15.5. The van der Waals surface area contributed by atoms with Crippen molar-refractivity contribution < 1.29 is 4.39 Å². The summed E-state index contributed by atoms with van der Waals surface area (Å²) in [6.07, 6.45) is 0.297. The molecule has 2 heterocycles. The molecule has 0 amide bonds. The molecule has 2 aromatic carbocycles. The van der Waals surface area contributed by atoms with Crippen molar-refractivity contribution in [3.63, 3.8) is 0 Å². The van der Waals surface area contributed by atoms with Crippen LogP contribution in [0.4, 0.5) is 4.39 Å². The molecule has 0 unspecified atom stereocenters. The number of pyridine rings is 1. The number of aromatic nitrogens is 3. The predicted octanol–water partition coefficient (Wildman–Crippen LogP) is 4.81. The Morgan fingerprint density at radius 1 is 1.04 bits per heavy atom. The first-order chi connectivity index (χ1) is 13.7. The Morgan fingerprint density at radius 2 is 1.86 bits per heavy atom. The molecular formula is C23H19FN4. The fraction of sp³-hybridized carbons (Fsp3) is 0.0870. The van der Waals surface area contributed by atoms with Crippen LogP contribution < -0.4 is 5.49 Å². The molecule has 0 fully saturated rings. The monoisotopic (exact) mass is 370 g/mol. The Morgan fingerprint density at radius 3 is 2.64 bits per heavy atom. The Bertz CT molecular complexity index is 1210. The smallest absolute Gasteiger partial charge is 0.167 e. The molecule has 28 heavy (non-hydrogen) atoms. The van der Waals surface area contributed by atoms with Crippen LogP contribution in [0.15, 0.2) is 90.6 Å². The second-order valence-electron chi connectivity index (χ2n) is 6.39. The first-order valence-corrected chi connectivity index (χ1v) is 8.94. The van der Waals surface area contributed by atoms with Gasteiger partial charge in [0.1, 0.15) is 5.49 Å². The SMILES string of the molecule is C=C([C@@H](F)c1ccc2ncccc2c1)n1nc(-c2ccccc2)ccc1=NC. The number of halogens is 1. The third-order valence-electron chi connectivity index (χ3n) is 4.60. The highest BCUT2D eigenvalue weighted by atomic mass is 19.1. The maximum atomic E-state index is 15.4. The second-order valence-corrected chi connectivity index (χ2v) is 6.39. The molecule has 0 N–H and O–H groups in total. The molecule has 0 aliphatic carbocycles. The van der Waals surface area contributed by atoms with E-state index in [-0.39, 0.29) is 5.70 Å². The van der Waals surface area contributed by atoms with Crippen molar-refractivity contribution >= 4 is 16.6 Å². The van der Waals surface area contributed by atoms with Crippen LogP contribution in [0.2, 0.25) is 0 Å². The van der Waals surface area contributed by atoms with Gasteiger partial charge in [0.2, 0.25) is 0 Å². The van der Waals surface area contributed by atoms with Crippen molar-refractivity contribution in [3.8, 4) is 11.3 Å². The fourth-order valence-corrected chi connectivity index (χ4v) is 3.11. The molecule has 0 bridgehead atoms. The largest absolute Gasteiger partial charge is 0.270 e. The predicted molar refractivity (Wildman–Crippen MR) is 110 cm³/mol. The van der Waals surface area contributed by atoms with E-state index in [4.69, 9.17) is 0 Å². The van der Waals surface area contributed by atoms with Crippen LogP contribution in [0, 0.1) is 0 Å². The van der Waals surface area contributed by atoms with Crippen molar-refractivity contribution in [3.05, 3.63) is 96.6 Å². The molecule has 5 heteroatoms. The van der Waals surface area contributed by atoms with Crippen molar-refractivity contribution in [2.75, 3.05) is 7.05 Å². The number of nitrogens with zero attached hydrogens (tertiary/aromatic N) is 4. The molecule has 1 atom stereocenters. The molecule has 0 saturated heterocycles. The molecule has 138 valence electrons. The van der Waals surface area contributed by atoms with Gasteiger partial charge in [-0.25, -0.2) is 9.07 Å². The maximum Gasteiger partial charge on any atom is 0.167 e. The van der Waals surface area contributed by atoms with E-state index >= 15 is 4.39 Å². The Balaban J connectivity index is 1.75. The lowest BCUT2D eigenvalue weighted by atomic mass is 10.1. The average molecular weight is 370 g/mol. The zero-order valence-electron chi connectivity index (χ0n) is 15.5. The van der Waals surface area contributed by atoms with Gasteiger partial charge >= 0.3 is 0 Å². The van der Waals surface area contributed by atoms with E-state index in [0.717, 1.165) is 22.2 Å². The number of rotatable bonds is 4. The molecular weight excluding hydrogens is 351 g/mol. The Kier molecular flexibility index (Phi) is 4.81. The minimum Gasteiger partial charge on any atom is -0.270 e. The third-order valence-corrected chi connectivity index (χ3v) is 4.60. The van der Waals surface area contributed by atoms with Crippen LogP contribution >= 0.6 is 0 Å². The number of fused-ring (bicyclic) bond motifs is 1. The molecule has 0 aliphatic heterocycles. The van der Waals surface area contributed by atoms with Gasteiger partial charge in [-0.1, -0.05) is 49.0 Å². The van der Waals surface area contributed by atoms with Gasteiger partial charge in [0, 0.05) is 24.2 Å². The molecule has 0 radical (unpaired) electrons. The summed E-state index contributed by atoms with van der Waals surface area (Å²) in [7, 11) is 1.65. The summed E-state index contributed by atoms with van der Waals surface area (Å²) in [5, 5.41) is 5.47. The quantitative estimate of drug-likeness (QED) is 0.517. The minimum absolute atomic E-state index is 0.210. The first kappa shape index (κ1) is 17.8. The van der Waals surface area contributed by atoms with E-state index < -0.39 is 6.17 Å². The standard InChI is InChI=1S/C23H19FN4/c1-16(23(24)19-10-11-20-18(15-19)9-6-14-26-20)28-22(25-2)13-12-21(27-28)17-7-4-3-5-8-17/h3-15,23H,1H2,2H3/t23-/m1/s1. The van der Waals surface area contributed by atoms with Crippen molar-refractivity contribution in [2.45, 2.75) is 6.17 Å². The highest BCUT2D eigenvalue weighted by molar-refractivity contribution is 5.79. The number of benzene rings is 2. The van der Waals surface area contributed by atoms with E-state index in [0.29, 0.717) is 11.1 Å². The number of alkyl halides is 1. The third kappa shape index (κ3) is 3.34. The maximum absolute atomic E-state index is 15.4. The van der Waals surface area contributed by atoms with E-state index in [1.165, 1.54) is 4.68 Å². The Hall–Kier alpha value is -3.60. The molecule has 2 aromatic heterocycles. The lowest BCUT2D eigenvalue weighted by Gasteiger charge is -2.16. The van der Waals surface area contributed by atoms with Gasteiger partial charge < -0.3 is 0 Å².